The summed E-state index contributed by atoms with van der Waals surface area (Å²) >= 11 is 5.15. The zero-order chi connectivity index (χ0) is 13.1. The van der Waals surface area contributed by atoms with Gasteiger partial charge in [-0.15, -0.1) is 23.7 Å². The molecular formula is C13H20BrClN2OS. The highest BCUT2D eigenvalue weighted by atomic mass is 79.9. The number of nitrogens with one attached hydrogen (secondary N) is 1. The quantitative estimate of drug-likeness (QED) is 0.890. The minimum absolute atomic E-state index is 0. The van der Waals surface area contributed by atoms with Crippen molar-refractivity contribution in [1.82, 2.24) is 10.2 Å². The van der Waals surface area contributed by atoms with Crippen molar-refractivity contribution in [3.8, 4) is 0 Å². The standard InChI is InChI=1S/C13H19BrN2OS.ClH/c1-9-6-16(7-10(2)15-9)13(17)4-3-12-5-11(14)8-18-12;/h5,8-10,15H,3-4,6-7H2,1-2H3;1H. The van der Waals surface area contributed by atoms with E-state index in [1.165, 1.54) is 4.88 Å². The third-order valence-electron chi connectivity index (χ3n) is 3.12. The van der Waals surface area contributed by atoms with E-state index in [2.05, 4.69) is 46.5 Å². The molecule has 2 rings (SSSR count). The van der Waals surface area contributed by atoms with E-state index in [4.69, 9.17) is 0 Å². The average molecular weight is 368 g/mol. The van der Waals surface area contributed by atoms with Crippen molar-refractivity contribution in [2.24, 2.45) is 0 Å². The van der Waals surface area contributed by atoms with Crippen LogP contribution in [0.2, 0.25) is 0 Å². The molecule has 1 aromatic rings. The molecule has 1 aliphatic rings. The van der Waals surface area contributed by atoms with Gasteiger partial charge in [0.2, 0.25) is 5.91 Å². The number of carbonyl (C=O) groups excluding carboxylic acids is 1. The van der Waals surface area contributed by atoms with Crippen LogP contribution in [0.5, 0.6) is 0 Å². The summed E-state index contributed by atoms with van der Waals surface area (Å²) < 4.78 is 1.11. The summed E-state index contributed by atoms with van der Waals surface area (Å²) in [6, 6.07) is 2.89. The van der Waals surface area contributed by atoms with E-state index < -0.39 is 0 Å². The van der Waals surface area contributed by atoms with Crippen LogP contribution < -0.4 is 5.32 Å². The zero-order valence-corrected chi connectivity index (χ0v) is 14.4. The van der Waals surface area contributed by atoms with Crippen LogP contribution in [0.3, 0.4) is 0 Å². The second kappa shape index (κ2) is 7.62. The summed E-state index contributed by atoms with van der Waals surface area (Å²) in [7, 11) is 0. The van der Waals surface area contributed by atoms with Crippen LogP contribution in [0.15, 0.2) is 15.9 Å². The molecule has 0 spiro atoms. The van der Waals surface area contributed by atoms with Crippen LogP contribution in [-0.4, -0.2) is 36.0 Å². The van der Waals surface area contributed by atoms with Crippen molar-refractivity contribution in [3.05, 3.63) is 20.8 Å². The highest BCUT2D eigenvalue weighted by Gasteiger charge is 2.24. The first-order valence-electron chi connectivity index (χ1n) is 6.31. The van der Waals surface area contributed by atoms with Gasteiger partial charge in [0.15, 0.2) is 0 Å². The Bertz CT molecular complexity index is 417. The SMILES string of the molecule is CC1CN(C(=O)CCc2cc(Br)cs2)CC(C)N1.Cl. The molecule has 1 saturated heterocycles. The van der Waals surface area contributed by atoms with Crippen molar-refractivity contribution < 1.29 is 4.79 Å². The summed E-state index contributed by atoms with van der Waals surface area (Å²) in [5.74, 6) is 0.278. The number of halogens is 2. The first kappa shape index (κ1) is 17.0. The predicted molar refractivity (Wildman–Crippen MR) is 86.2 cm³/mol. The fourth-order valence-electron chi connectivity index (χ4n) is 2.40. The maximum atomic E-state index is 12.2. The second-order valence-electron chi connectivity index (χ2n) is 5.00. The molecule has 1 N–H and O–H groups in total. The van der Waals surface area contributed by atoms with E-state index in [1.54, 1.807) is 11.3 Å². The summed E-state index contributed by atoms with van der Waals surface area (Å²) in [5, 5.41) is 5.51. The van der Waals surface area contributed by atoms with Crippen LogP contribution >= 0.6 is 39.7 Å². The number of amides is 1. The van der Waals surface area contributed by atoms with Gasteiger partial charge in [-0.05, 0) is 42.3 Å². The lowest BCUT2D eigenvalue weighted by molar-refractivity contribution is -0.132. The summed E-state index contributed by atoms with van der Waals surface area (Å²) in [6.45, 7) is 5.92. The zero-order valence-electron chi connectivity index (χ0n) is 11.2. The van der Waals surface area contributed by atoms with E-state index in [9.17, 15) is 4.79 Å². The van der Waals surface area contributed by atoms with Crippen molar-refractivity contribution >= 4 is 45.6 Å². The first-order chi connectivity index (χ1) is 8.54. The van der Waals surface area contributed by atoms with E-state index in [0.717, 1.165) is 24.0 Å². The Morgan fingerprint density at radius 1 is 1.47 bits per heavy atom. The smallest absolute Gasteiger partial charge is 0.223 e. The molecule has 2 unspecified atom stereocenters. The third-order valence-corrected chi connectivity index (χ3v) is 4.87. The molecule has 6 heteroatoms. The van der Waals surface area contributed by atoms with Crippen molar-refractivity contribution in [2.45, 2.75) is 38.8 Å². The molecule has 3 nitrogen and oxygen atoms in total. The Hall–Kier alpha value is -0.100. The summed E-state index contributed by atoms with van der Waals surface area (Å²) in [5.41, 5.74) is 0. The summed E-state index contributed by atoms with van der Waals surface area (Å²) in [4.78, 5) is 15.4. The number of hydrogen-bond acceptors (Lipinski definition) is 3. The van der Waals surface area contributed by atoms with Gasteiger partial charge in [0.05, 0.1) is 0 Å². The Balaban J connectivity index is 0.00000180. The van der Waals surface area contributed by atoms with Crippen LogP contribution in [0.4, 0.5) is 0 Å². The lowest BCUT2D eigenvalue weighted by atomic mass is 10.1. The van der Waals surface area contributed by atoms with Crippen LogP contribution in [-0.2, 0) is 11.2 Å². The molecule has 0 saturated carbocycles. The minimum atomic E-state index is 0. The molecular weight excluding hydrogens is 348 g/mol. The molecule has 1 aliphatic heterocycles. The maximum absolute atomic E-state index is 12.2. The fraction of sp³-hybridized carbons (Fsp3) is 0.615. The molecule has 108 valence electrons. The molecule has 0 aromatic carbocycles. The molecule has 0 radical (unpaired) electrons. The number of carbonyl (C=O) groups is 1. The number of nitrogens with zero attached hydrogens (tertiary/aromatic N) is 1. The van der Waals surface area contributed by atoms with Crippen LogP contribution in [0, 0.1) is 0 Å². The van der Waals surface area contributed by atoms with Gasteiger partial charge in [0, 0.05) is 46.3 Å². The van der Waals surface area contributed by atoms with Crippen molar-refractivity contribution in [3.63, 3.8) is 0 Å². The Labute approximate surface area is 133 Å². The molecule has 0 bridgehead atoms. The molecule has 2 atom stereocenters. The highest BCUT2D eigenvalue weighted by Crippen LogP contribution is 2.21. The fourth-order valence-corrected chi connectivity index (χ4v) is 3.86. The molecule has 1 fully saturated rings. The van der Waals surface area contributed by atoms with Crippen molar-refractivity contribution in [2.75, 3.05) is 13.1 Å². The minimum Gasteiger partial charge on any atom is -0.340 e. The lowest BCUT2D eigenvalue weighted by Gasteiger charge is -2.36. The van der Waals surface area contributed by atoms with E-state index in [-0.39, 0.29) is 18.3 Å². The Morgan fingerprint density at radius 3 is 2.63 bits per heavy atom. The second-order valence-corrected chi connectivity index (χ2v) is 6.91. The van der Waals surface area contributed by atoms with Gasteiger partial charge in [0.25, 0.3) is 0 Å². The molecule has 0 aliphatic carbocycles. The lowest BCUT2D eigenvalue weighted by Crippen LogP contribution is -2.55. The van der Waals surface area contributed by atoms with E-state index in [0.29, 0.717) is 18.5 Å². The molecule has 1 aromatic heterocycles. The number of hydrogen-bond donors (Lipinski definition) is 1. The van der Waals surface area contributed by atoms with Crippen LogP contribution in [0.25, 0.3) is 0 Å². The number of rotatable bonds is 3. The molecule has 1 amide bonds. The normalized spacial score (nSPS) is 23.0. The number of piperazine rings is 1. The Morgan fingerprint density at radius 2 is 2.11 bits per heavy atom. The van der Waals surface area contributed by atoms with Crippen LogP contribution in [0.1, 0.15) is 25.1 Å². The summed E-state index contributed by atoms with van der Waals surface area (Å²) in [6.07, 6.45) is 1.47. The monoisotopic (exact) mass is 366 g/mol. The van der Waals surface area contributed by atoms with Gasteiger partial charge in [-0.1, -0.05) is 0 Å². The van der Waals surface area contributed by atoms with Gasteiger partial charge in [-0.3, -0.25) is 4.79 Å². The highest BCUT2D eigenvalue weighted by molar-refractivity contribution is 9.10. The molecule has 19 heavy (non-hydrogen) atoms. The average Bonchev–Trinajstić information content (AvgIpc) is 2.70. The van der Waals surface area contributed by atoms with Gasteiger partial charge >= 0.3 is 0 Å². The largest absolute Gasteiger partial charge is 0.340 e. The topological polar surface area (TPSA) is 32.3 Å². The van der Waals surface area contributed by atoms with E-state index >= 15 is 0 Å². The number of thiophene rings is 1. The van der Waals surface area contributed by atoms with Gasteiger partial charge < -0.3 is 10.2 Å². The third kappa shape index (κ3) is 5.06. The Kier molecular flexibility index (Phi) is 6.80. The van der Waals surface area contributed by atoms with Crippen molar-refractivity contribution in [1.29, 1.82) is 0 Å². The van der Waals surface area contributed by atoms with E-state index in [1.807, 2.05) is 4.90 Å². The van der Waals surface area contributed by atoms with Gasteiger partial charge in [0.1, 0.15) is 0 Å². The molecule has 2 heterocycles. The first-order valence-corrected chi connectivity index (χ1v) is 7.98. The van der Waals surface area contributed by atoms with Gasteiger partial charge in [-0.25, -0.2) is 0 Å². The maximum Gasteiger partial charge on any atom is 0.223 e. The number of aryl methyl sites for hydroxylation is 1. The predicted octanol–water partition coefficient (Wildman–Crippen LogP) is 3.07. The van der Waals surface area contributed by atoms with Gasteiger partial charge in [-0.2, -0.15) is 0 Å².